The number of hydrogen-bond acceptors (Lipinski definition) is 3. The Hall–Kier alpha value is -1.85. The smallest absolute Gasteiger partial charge is 0.221 e. The van der Waals surface area contributed by atoms with E-state index in [1.807, 2.05) is 31.2 Å². The Bertz CT molecular complexity index is 786. The van der Waals surface area contributed by atoms with Gasteiger partial charge in [-0.05, 0) is 42.3 Å². The monoisotopic (exact) mass is 351 g/mol. The molecule has 0 aliphatic rings. The van der Waals surface area contributed by atoms with Gasteiger partial charge in [-0.15, -0.1) is 0 Å². The second-order valence-electron chi connectivity index (χ2n) is 5.23. The predicted octanol–water partition coefficient (Wildman–Crippen LogP) is 3.13. The van der Waals surface area contributed by atoms with Crippen LogP contribution in [0.1, 0.15) is 17.5 Å². The van der Waals surface area contributed by atoms with Gasteiger partial charge in [-0.3, -0.25) is 4.79 Å². The maximum Gasteiger partial charge on any atom is 0.221 e. The van der Waals surface area contributed by atoms with Crippen LogP contribution in [0.2, 0.25) is 5.02 Å². The molecule has 0 fully saturated rings. The van der Waals surface area contributed by atoms with Gasteiger partial charge in [-0.2, -0.15) is 0 Å². The van der Waals surface area contributed by atoms with Crippen molar-refractivity contribution in [3.63, 3.8) is 0 Å². The van der Waals surface area contributed by atoms with Crippen LogP contribution >= 0.6 is 11.6 Å². The molecule has 0 aromatic heterocycles. The van der Waals surface area contributed by atoms with Gasteiger partial charge in [0.05, 0.1) is 10.6 Å². The van der Waals surface area contributed by atoms with Crippen molar-refractivity contribution in [1.82, 2.24) is 5.32 Å². The SMILES string of the molecule is Cc1ccccc1CNC(=O)CCS(=O)(=O)c1ccc(Cl)cc1. The molecule has 4 nitrogen and oxygen atoms in total. The third kappa shape index (κ3) is 5.08. The fourth-order valence-corrected chi connectivity index (χ4v) is 3.44. The van der Waals surface area contributed by atoms with E-state index in [9.17, 15) is 13.2 Å². The molecule has 1 N–H and O–H groups in total. The topological polar surface area (TPSA) is 63.2 Å². The van der Waals surface area contributed by atoms with E-state index >= 15 is 0 Å². The molecule has 0 saturated carbocycles. The van der Waals surface area contributed by atoms with E-state index < -0.39 is 9.84 Å². The Balaban J connectivity index is 1.89. The molecule has 2 rings (SSSR count). The van der Waals surface area contributed by atoms with Crippen molar-refractivity contribution >= 4 is 27.3 Å². The number of aryl methyl sites for hydroxylation is 1. The number of halogens is 1. The van der Waals surface area contributed by atoms with Crippen molar-refractivity contribution in [2.75, 3.05) is 5.75 Å². The number of sulfone groups is 1. The molecule has 0 saturated heterocycles. The second-order valence-corrected chi connectivity index (χ2v) is 7.77. The molecule has 0 unspecified atom stereocenters. The summed E-state index contributed by atoms with van der Waals surface area (Å²) in [6, 6.07) is 13.7. The number of benzene rings is 2. The molecule has 122 valence electrons. The summed E-state index contributed by atoms with van der Waals surface area (Å²) < 4.78 is 24.3. The van der Waals surface area contributed by atoms with Crippen molar-refractivity contribution in [2.24, 2.45) is 0 Å². The minimum Gasteiger partial charge on any atom is -0.352 e. The highest BCUT2D eigenvalue weighted by atomic mass is 35.5. The molecule has 0 bridgehead atoms. The number of nitrogens with one attached hydrogen (secondary N) is 1. The molecule has 0 aliphatic carbocycles. The maximum atomic E-state index is 12.2. The van der Waals surface area contributed by atoms with Crippen LogP contribution in [0.25, 0.3) is 0 Å². The zero-order chi connectivity index (χ0) is 16.9. The molecule has 0 aliphatic heterocycles. The van der Waals surface area contributed by atoms with Gasteiger partial charge in [0.1, 0.15) is 0 Å². The molecule has 0 atom stereocenters. The third-order valence-corrected chi connectivity index (χ3v) is 5.49. The maximum absolute atomic E-state index is 12.2. The Morgan fingerprint density at radius 1 is 1.09 bits per heavy atom. The molecular weight excluding hydrogens is 334 g/mol. The predicted molar refractivity (Wildman–Crippen MR) is 91.1 cm³/mol. The van der Waals surface area contributed by atoms with E-state index in [0.717, 1.165) is 11.1 Å². The molecule has 0 spiro atoms. The highest BCUT2D eigenvalue weighted by Gasteiger charge is 2.16. The molecule has 0 radical (unpaired) electrons. The standard InChI is InChI=1S/C17H18ClNO3S/c1-13-4-2-3-5-14(13)12-19-17(20)10-11-23(21,22)16-8-6-15(18)7-9-16/h2-9H,10-12H2,1H3,(H,19,20). The molecule has 0 heterocycles. The van der Waals surface area contributed by atoms with Gasteiger partial charge in [-0.1, -0.05) is 35.9 Å². The summed E-state index contributed by atoms with van der Waals surface area (Å²) in [6.07, 6.45) is -0.0726. The van der Waals surface area contributed by atoms with E-state index in [2.05, 4.69) is 5.32 Å². The third-order valence-electron chi connectivity index (χ3n) is 3.51. The lowest BCUT2D eigenvalue weighted by molar-refractivity contribution is -0.120. The van der Waals surface area contributed by atoms with Gasteiger partial charge in [-0.25, -0.2) is 8.42 Å². The fourth-order valence-electron chi connectivity index (χ4n) is 2.08. The number of carbonyl (C=O) groups is 1. The van der Waals surface area contributed by atoms with Crippen LogP contribution < -0.4 is 5.32 Å². The highest BCUT2D eigenvalue weighted by molar-refractivity contribution is 7.91. The average molecular weight is 352 g/mol. The lowest BCUT2D eigenvalue weighted by atomic mass is 10.1. The number of carbonyl (C=O) groups excluding carboxylic acids is 1. The van der Waals surface area contributed by atoms with Crippen LogP contribution in [0, 0.1) is 6.92 Å². The summed E-state index contributed by atoms with van der Waals surface area (Å²) in [5, 5.41) is 3.22. The first-order valence-electron chi connectivity index (χ1n) is 7.18. The Morgan fingerprint density at radius 2 is 1.74 bits per heavy atom. The Labute approximate surface area is 141 Å². The van der Waals surface area contributed by atoms with Crippen LogP contribution in [0.3, 0.4) is 0 Å². The zero-order valence-corrected chi connectivity index (χ0v) is 14.3. The fraction of sp³-hybridized carbons (Fsp3) is 0.235. The first-order valence-corrected chi connectivity index (χ1v) is 9.21. The van der Waals surface area contributed by atoms with Gasteiger partial charge in [0.15, 0.2) is 9.84 Å². The minimum absolute atomic E-state index is 0.0726. The molecular formula is C17H18ClNO3S. The summed E-state index contributed by atoms with van der Waals surface area (Å²) in [6.45, 7) is 2.36. The van der Waals surface area contributed by atoms with Crippen LogP contribution in [0.15, 0.2) is 53.4 Å². The van der Waals surface area contributed by atoms with Gasteiger partial charge < -0.3 is 5.32 Å². The lowest BCUT2D eigenvalue weighted by Crippen LogP contribution is -2.25. The Morgan fingerprint density at radius 3 is 2.39 bits per heavy atom. The number of rotatable bonds is 6. The van der Waals surface area contributed by atoms with E-state index in [1.54, 1.807) is 0 Å². The van der Waals surface area contributed by atoms with Crippen molar-refractivity contribution in [3.8, 4) is 0 Å². The van der Waals surface area contributed by atoms with E-state index in [1.165, 1.54) is 24.3 Å². The quantitative estimate of drug-likeness (QED) is 0.869. The zero-order valence-electron chi connectivity index (χ0n) is 12.8. The van der Waals surface area contributed by atoms with Gasteiger partial charge in [0, 0.05) is 18.0 Å². The summed E-state index contributed by atoms with van der Waals surface area (Å²) in [4.78, 5) is 12.0. The normalized spacial score (nSPS) is 11.2. The summed E-state index contributed by atoms with van der Waals surface area (Å²) >= 11 is 5.74. The largest absolute Gasteiger partial charge is 0.352 e. The van der Waals surface area contributed by atoms with Crippen molar-refractivity contribution in [1.29, 1.82) is 0 Å². The van der Waals surface area contributed by atoms with Gasteiger partial charge in [0.25, 0.3) is 0 Å². The van der Waals surface area contributed by atoms with E-state index in [-0.39, 0.29) is 23.0 Å². The van der Waals surface area contributed by atoms with Crippen LogP contribution in [-0.4, -0.2) is 20.1 Å². The highest BCUT2D eigenvalue weighted by Crippen LogP contribution is 2.16. The number of hydrogen-bond donors (Lipinski definition) is 1. The molecule has 6 heteroatoms. The van der Waals surface area contributed by atoms with Crippen LogP contribution in [-0.2, 0) is 21.2 Å². The van der Waals surface area contributed by atoms with Crippen LogP contribution in [0.5, 0.6) is 0 Å². The Kier molecular flexibility index (Phi) is 5.80. The molecule has 1 amide bonds. The molecule has 23 heavy (non-hydrogen) atoms. The van der Waals surface area contributed by atoms with Crippen LogP contribution in [0.4, 0.5) is 0 Å². The van der Waals surface area contributed by atoms with Gasteiger partial charge in [0.2, 0.25) is 5.91 Å². The lowest BCUT2D eigenvalue weighted by Gasteiger charge is -2.08. The summed E-state index contributed by atoms with van der Waals surface area (Å²) in [5.74, 6) is -0.514. The van der Waals surface area contributed by atoms with Crippen molar-refractivity contribution < 1.29 is 13.2 Å². The average Bonchev–Trinajstić information content (AvgIpc) is 2.53. The first kappa shape index (κ1) is 17.5. The first-order chi connectivity index (χ1) is 10.9. The summed E-state index contributed by atoms with van der Waals surface area (Å²) in [7, 11) is -3.48. The second kappa shape index (κ2) is 7.62. The van der Waals surface area contributed by atoms with E-state index in [0.29, 0.717) is 11.6 Å². The molecule has 2 aromatic rings. The number of amides is 1. The van der Waals surface area contributed by atoms with Crippen molar-refractivity contribution in [2.45, 2.75) is 24.8 Å². The van der Waals surface area contributed by atoms with Gasteiger partial charge >= 0.3 is 0 Å². The minimum atomic E-state index is -3.48. The summed E-state index contributed by atoms with van der Waals surface area (Å²) in [5.41, 5.74) is 2.10. The van der Waals surface area contributed by atoms with E-state index in [4.69, 9.17) is 11.6 Å². The van der Waals surface area contributed by atoms with Crippen molar-refractivity contribution in [3.05, 3.63) is 64.7 Å². The molecule has 2 aromatic carbocycles.